The minimum atomic E-state index is -0.492. The Morgan fingerprint density at radius 1 is 1.10 bits per heavy atom. The van der Waals surface area contributed by atoms with Crippen LogP contribution in [-0.2, 0) is 0 Å². The van der Waals surface area contributed by atoms with E-state index in [9.17, 15) is 9.18 Å². The van der Waals surface area contributed by atoms with Gasteiger partial charge in [-0.3, -0.25) is 4.79 Å². The zero-order valence-corrected chi connectivity index (χ0v) is 11.7. The predicted molar refractivity (Wildman–Crippen MR) is 81.8 cm³/mol. The lowest BCUT2D eigenvalue weighted by Crippen LogP contribution is -2.02. The summed E-state index contributed by atoms with van der Waals surface area (Å²) in [6.45, 7) is 3.82. The van der Waals surface area contributed by atoms with Gasteiger partial charge in [0.1, 0.15) is 17.2 Å². The third-order valence-electron chi connectivity index (χ3n) is 3.44. The summed E-state index contributed by atoms with van der Waals surface area (Å²) in [5.74, 6) is -0.111. The molecule has 3 aromatic rings. The van der Waals surface area contributed by atoms with Crippen molar-refractivity contribution in [3.05, 3.63) is 63.6 Å². The molecule has 0 spiro atoms. The number of nitrogen functional groups attached to an aromatic ring is 1. The lowest BCUT2D eigenvalue weighted by atomic mass is 10.1. The first-order valence-corrected chi connectivity index (χ1v) is 6.56. The van der Waals surface area contributed by atoms with Gasteiger partial charge in [0.25, 0.3) is 0 Å². The number of halogens is 1. The van der Waals surface area contributed by atoms with E-state index in [1.807, 2.05) is 19.9 Å². The lowest BCUT2D eigenvalue weighted by molar-refractivity contribution is 0.614. The van der Waals surface area contributed by atoms with Crippen LogP contribution < -0.4 is 11.2 Å². The number of fused-ring (bicyclic) bond motifs is 1. The van der Waals surface area contributed by atoms with E-state index < -0.39 is 5.82 Å². The van der Waals surface area contributed by atoms with Crippen molar-refractivity contribution in [2.75, 3.05) is 5.73 Å². The molecule has 2 aromatic carbocycles. The summed E-state index contributed by atoms with van der Waals surface area (Å²) in [5, 5.41) is 0.548. The second-order valence-electron chi connectivity index (χ2n) is 5.17. The van der Waals surface area contributed by atoms with Crippen molar-refractivity contribution in [3.8, 4) is 11.3 Å². The molecule has 0 unspecified atom stereocenters. The number of rotatable bonds is 1. The molecule has 21 heavy (non-hydrogen) atoms. The number of hydrogen-bond donors (Lipinski definition) is 1. The van der Waals surface area contributed by atoms with Crippen molar-refractivity contribution in [1.82, 2.24) is 0 Å². The van der Waals surface area contributed by atoms with E-state index in [4.69, 9.17) is 10.2 Å². The van der Waals surface area contributed by atoms with Gasteiger partial charge in [-0.1, -0.05) is 6.07 Å². The van der Waals surface area contributed by atoms with Gasteiger partial charge in [-0.2, -0.15) is 0 Å². The predicted octanol–water partition coefficient (Wildman–Crippen LogP) is 3.80. The fourth-order valence-electron chi connectivity index (χ4n) is 2.45. The van der Waals surface area contributed by atoms with Crippen LogP contribution in [0.2, 0.25) is 0 Å². The smallest absolute Gasteiger partial charge is 0.193 e. The van der Waals surface area contributed by atoms with Gasteiger partial charge < -0.3 is 10.2 Å². The van der Waals surface area contributed by atoms with Crippen LogP contribution in [0, 0.1) is 19.7 Å². The maximum atomic E-state index is 13.2. The molecule has 0 aliphatic heterocycles. The molecule has 0 aliphatic carbocycles. The third-order valence-corrected chi connectivity index (χ3v) is 3.44. The summed E-state index contributed by atoms with van der Waals surface area (Å²) < 4.78 is 19.1. The Bertz CT molecular complexity index is 913. The summed E-state index contributed by atoms with van der Waals surface area (Å²) in [7, 11) is 0. The largest absolute Gasteiger partial charge is 0.456 e. The van der Waals surface area contributed by atoms with Gasteiger partial charge in [-0.25, -0.2) is 4.39 Å². The molecular weight excluding hydrogens is 269 g/mol. The molecule has 2 N–H and O–H groups in total. The molecule has 4 heteroatoms. The van der Waals surface area contributed by atoms with Crippen molar-refractivity contribution in [3.63, 3.8) is 0 Å². The van der Waals surface area contributed by atoms with E-state index in [0.29, 0.717) is 22.3 Å². The number of aryl methyl sites for hydroxylation is 2. The standard InChI is InChI=1S/C17H14FNO2/c1-9-5-10(2)17-12(6-9)15(20)8-16(21-17)11-3-4-13(18)14(19)7-11/h3-8H,19H2,1-2H3. The molecule has 3 nitrogen and oxygen atoms in total. The van der Waals surface area contributed by atoms with Gasteiger partial charge in [-0.05, 0) is 49.2 Å². The average Bonchev–Trinajstić information content (AvgIpc) is 2.43. The lowest BCUT2D eigenvalue weighted by Gasteiger charge is -2.07. The minimum absolute atomic E-state index is 0.0240. The Balaban J connectivity index is 2.30. The molecule has 0 bridgehead atoms. The van der Waals surface area contributed by atoms with Gasteiger partial charge in [0.15, 0.2) is 5.43 Å². The highest BCUT2D eigenvalue weighted by Gasteiger charge is 2.10. The fourth-order valence-corrected chi connectivity index (χ4v) is 2.45. The average molecular weight is 283 g/mol. The van der Waals surface area contributed by atoms with Gasteiger partial charge in [-0.15, -0.1) is 0 Å². The summed E-state index contributed by atoms with van der Waals surface area (Å²) in [4.78, 5) is 12.3. The quantitative estimate of drug-likeness (QED) is 0.691. The SMILES string of the molecule is Cc1cc(C)c2oc(-c3ccc(F)c(N)c3)cc(=O)c2c1. The normalized spacial score (nSPS) is 11.0. The minimum Gasteiger partial charge on any atom is -0.456 e. The molecule has 0 fully saturated rings. The van der Waals surface area contributed by atoms with E-state index in [2.05, 4.69) is 0 Å². The van der Waals surface area contributed by atoms with Gasteiger partial charge in [0.05, 0.1) is 11.1 Å². The molecule has 3 rings (SSSR count). The maximum absolute atomic E-state index is 13.2. The molecule has 1 heterocycles. The van der Waals surface area contributed by atoms with Crippen molar-refractivity contribution in [2.45, 2.75) is 13.8 Å². The molecular formula is C17H14FNO2. The Labute approximate surface area is 120 Å². The summed E-state index contributed by atoms with van der Waals surface area (Å²) >= 11 is 0. The van der Waals surface area contributed by atoms with Crippen LogP contribution in [0.3, 0.4) is 0 Å². The fraction of sp³-hybridized carbons (Fsp3) is 0.118. The highest BCUT2D eigenvalue weighted by molar-refractivity contribution is 5.82. The molecule has 0 aliphatic rings. The van der Waals surface area contributed by atoms with Crippen LogP contribution in [0.1, 0.15) is 11.1 Å². The van der Waals surface area contributed by atoms with E-state index in [0.717, 1.165) is 11.1 Å². The first-order valence-electron chi connectivity index (χ1n) is 6.56. The van der Waals surface area contributed by atoms with E-state index >= 15 is 0 Å². The van der Waals surface area contributed by atoms with Crippen LogP contribution in [0.25, 0.3) is 22.3 Å². The summed E-state index contributed by atoms with van der Waals surface area (Å²) in [6, 6.07) is 9.43. The van der Waals surface area contributed by atoms with Crippen LogP contribution in [0.4, 0.5) is 10.1 Å². The van der Waals surface area contributed by atoms with Crippen molar-refractivity contribution >= 4 is 16.7 Å². The first-order chi connectivity index (χ1) is 9.95. The Morgan fingerprint density at radius 3 is 2.57 bits per heavy atom. The van der Waals surface area contributed by atoms with E-state index in [1.54, 1.807) is 12.1 Å². The number of benzene rings is 2. The number of hydrogen-bond acceptors (Lipinski definition) is 3. The van der Waals surface area contributed by atoms with Crippen LogP contribution in [0.5, 0.6) is 0 Å². The Hall–Kier alpha value is -2.62. The topological polar surface area (TPSA) is 56.2 Å². The zero-order chi connectivity index (χ0) is 15.1. The first kappa shape index (κ1) is 13.4. The van der Waals surface area contributed by atoms with Crippen molar-refractivity contribution in [1.29, 1.82) is 0 Å². The molecule has 0 radical (unpaired) electrons. The molecule has 106 valence electrons. The second kappa shape index (κ2) is 4.74. The molecule has 0 saturated carbocycles. The molecule has 0 atom stereocenters. The number of anilines is 1. The van der Waals surface area contributed by atoms with Crippen LogP contribution in [-0.4, -0.2) is 0 Å². The van der Waals surface area contributed by atoms with Gasteiger partial charge >= 0.3 is 0 Å². The molecule has 0 saturated heterocycles. The van der Waals surface area contributed by atoms with Crippen molar-refractivity contribution < 1.29 is 8.81 Å². The van der Waals surface area contributed by atoms with Gasteiger partial charge in [0, 0.05) is 11.6 Å². The monoisotopic (exact) mass is 283 g/mol. The van der Waals surface area contributed by atoms with Gasteiger partial charge in [0.2, 0.25) is 0 Å². The third kappa shape index (κ3) is 2.29. The Morgan fingerprint density at radius 2 is 1.86 bits per heavy atom. The van der Waals surface area contributed by atoms with Crippen molar-refractivity contribution in [2.24, 2.45) is 0 Å². The zero-order valence-electron chi connectivity index (χ0n) is 11.7. The van der Waals surface area contributed by atoms with Crippen LogP contribution in [0.15, 0.2) is 45.6 Å². The van der Waals surface area contributed by atoms with E-state index in [-0.39, 0.29) is 11.1 Å². The molecule has 0 amide bonds. The highest BCUT2D eigenvalue weighted by Crippen LogP contribution is 2.27. The number of nitrogens with two attached hydrogens (primary N) is 1. The molecule has 1 aromatic heterocycles. The maximum Gasteiger partial charge on any atom is 0.193 e. The highest BCUT2D eigenvalue weighted by atomic mass is 19.1. The summed E-state index contributed by atoms with van der Waals surface area (Å²) in [6.07, 6.45) is 0. The van der Waals surface area contributed by atoms with E-state index in [1.165, 1.54) is 18.2 Å². The Kier molecular flexibility index (Phi) is 3.01. The van der Waals surface area contributed by atoms with Crippen LogP contribution >= 0.6 is 0 Å². The summed E-state index contributed by atoms with van der Waals surface area (Å²) in [5.41, 5.74) is 8.48. The second-order valence-corrected chi connectivity index (χ2v) is 5.17.